The van der Waals surface area contributed by atoms with Crippen LogP contribution in [0, 0.1) is 11.3 Å². The largest absolute Gasteiger partial charge is 0.484 e. The summed E-state index contributed by atoms with van der Waals surface area (Å²) in [6.45, 7) is -0.778. The van der Waals surface area contributed by atoms with Crippen LogP contribution in [-0.2, 0) is 9.53 Å². The van der Waals surface area contributed by atoms with Crippen molar-refractivity contribution in [2.75, 3.05) is 25.1 Å². The van der Waals surface area contributed by atoms with Gasteiger partial charge in [-0.25, -0.2) is 4.98 Å². The predicted octanol–water partition coefficient (Wildman–Crippen LogP) is -0.252. The van der Waals surface area contributed by atoms with Gasteiger partial charge >= 0.3 is 0 Å². The van der Waals surface area contributed by atoms with Crippen molar-refractivity contribution in [3.05, 3.63) is 36.7 Å². The fourth-order valence-corrected chi connectivity index (χ4v) is 3.36. The average Bonchev–Trinajstić information content (AvgIpc) is 3.39. The van der Waals surface area contributed by atoms with E-state index in [1.807, 2.05) is 12.1 Å². The summed E-state index contributed by atoms with van der Waals surface area (Å²) in [5.41, 5.74) is 0.324. The van der Waals surface area contributed by atoms with Crippen LogP contribution in [0.25, 0.3) is 11.2 Å². The van der Waals surface area contributed by atoms with E-state index in [-0.39, 0.29) is 42.6 Å². The number of aromatic nitrogens is 4. The minimum absolute atomic E-state index is 0.00465. The Morgan fingerprint density at radius 1 is 1.21 bits per heavy atom. The number of ether oxygens (including phenoxy) is 3. The van der Waals surface area contributed by atoms with Gasteiger partial charge in [0, 0.05) is 0 Å². The van der Waals surface area contributed by atoms with Crippen LogP contribution in [-0.4, -0.2) is 78.9 Å². The number of hydrogen-bond donors (Lipinski definition) is 4. The molecule has 0 bridgehead atoms. The van der Waals surface area contributed by atoms with E-state index in [1.165, 1.54) is 10.9 Å². The number of rotatable bonds is 9. The third-order valence-corrected chi connectivity index (χ3v) is 5.00. The van der Waals surface area contributed by atoms with Gasteiger partial charge in [-0.1, -0.05) is 18.2 Å². The molecule has 0 spiro atoms. The van der Waals surface area contributed by atoms with Crippen LogP contribution in [0.5, 0.6) is 11.6 Å². The minimum Gasteiger partial charge on any atom is -0.484 e. The fourth-order valence-electron chi connectivity index (χ4n) is 3.36. The molecule has 0 radical (unpaired) electrons. The first kappa shape index (κ1) is 23.3. The molecule has 4 rings (SSSR count). The van der Waals surface area contributed by atoms with Crippen LogP contribution in [0.15, 0.2) is 36.7 Å². The number of hydrogen-bond acceptors (Lipinski definition) is 11. The zero-order valence-corrected chi connectivity index (χ0v) is 17.8. The molecule has 178 valence electrons. The molecule has 1 saturated heterocycles. The molecule has 4 N–H and O–H groups in total. The maximum atomic E-state index is 12.4. The molecule has 1 aliphatic heterocycles. The highest BCUT2D eigenvalue weighted by Gasteiger charge is 2.44. The third kappa shape index (κ3) is 4.90. The van der Waals surface area contributed by atoms with Crippen molar-refractivity contribution >= 4 is 23.0 Å². The van der Waals surface area contributed by atoms with E-state index in [0.29, 0.717) is 5.75 Å². The summed E-state index contributed by atoms with van der Waals surface area (Å²) in [7, 11) is 0. The summed E-state index contributed by atoms with van der Waals surface area (Å²) in [6, 6.07) is 10.7. The van der Waals surface area contributed by atoms with Gasteiger partial charge < -0.3 is 29.5 Å². The van der Waals surface area contributed by atoms with Crippen molar-refractivity contribution in [3.63, 3.8) is 0 Å². The highest BCUT2D eigenvalue weighted by atomic mass is 16.6. The predicted molar refractivity (Wildman–Crippen MR) is 115 cm³/mol. The molecule has 1 aliphatic rings. The van der Waals surface area contributed by atoms with Crippen molar-refractivity contribution in [3.8, 4) is 17.7 Å². The van der Waals surface area contributed by atoms with Crippen LogP contribution in [0.3, 0.4) is 0 Å². The molecular formula is C21H22N6O7. The van der Waals surface area contributed by atoms with E-state index < -0.39 is 37.1 Å². The number of aliphatic hydroxyl groups excluding tert-OH is 3. The summed E-state index contributed by atoms with van der Waals surface area (Å²) in [6.07, 6.45) is -3.40. The van der Waals surface area contributed by atoms with E-state index in [0.717, 1.165) is 0 Å². The number of carbonyl (C=O) groups is 1. The Hall–Kier alpha value is -3.83. The smallest absolute Gasteiger partial charge is 0.264 e. The Morgan fingerprint density at radius 3 is 2.71 bits per heavy atom. The summed E-state index contributed by atoms with van der Waals surface area (Å²) >= 11 is 0. The van der Waals surface area contributed by atoms with Crippen LogP contribution < -0.4 is 14.8 Å². The molecule has 0 aliphatic carbocycles. The second kappa shape index (κ2) is 10.4. The molecule has 3 aromatic rings. The van der Waals surface area contributed by atoms with Crippen molar-refractivity contribution in [1.82, 2.24) is 19.5 Å². The number of aliphatic hydroxyl groups is 3. The molecule has 1 aromatic carbocycles. The zero-order chi connectivity index (χ0) is 24.1. The van der Waals surface area contributed by atoms with Crippen LogP contribution >= 0.6 is 0 Å². The number of fused-ring (bicyclic) bond motifs is 1. The van der Waals surface area contributed by atoms with Gasteiger partial charge in [0.15, 0.2) is 24.0 Å². The quantitative estimate of drug-likeness (QED) is 0.302. The highest BCUT2D eigenvalue weighted by molar-refractivity contribution is 5.91. The number of nitrogens with one attached hydrogen (secondary N) is 1. The summed E-state index contributed by atoms with van der Waals surface area (Å²) in [4.78, 5) is 25.1. The average molecular weight is 470 g/mol. The molecule has 2 aromatic heterocycles. The molecule has 13 heteroatoms. The first-order chi connectivity index (χ1) is 16.5. The van der Waals surface area contributed by atoms with Crippen molar-refractivity contribution in [1.29, 1.82) is 5.26 Å². The lowest BCUT2D eigenvalue weighted by molar-refractivity contribution is -0.118. The second-order valence-electron chi connectivity index (χ2n) is 7.31. The third-order valence-electron chi connectivity index (χ3n) is 5.00. The zero-order valence-electron chi connectivity index (χ0n) is 17.8. The Bertz CT molecular complexity index is 1180. The van der Waals surface area contributed by atoms with E-state index >= 15 is 0 Å². The number of nitrogens with zero attached hydrogens (tertiary/aromatic N) is 5. The maximum Gasteiger partial charge on any atom is 0.264 e. The summed E-state index contributed by atoms with van der Waals surface area (Å²) in [5.74, 6) is -0.151. The first-order valence-electron chi connectivity index (χ1n) is 10.4. The van der Waals surface area contributed by atoms with Crippen molar-refractivity contribution in [2.24, 2.45) is 0 Å². The van der Waals surface area contributed by atoms with Gasteiger partial charge in [0.25, 0.3) is 5.91 Å². The normalized spacial score (nSPS) is 21.8. The molecular weight excluding hydrogens is 448 g/mol. The minimum atomic E-state index is -1.37. The molecule has 4 atom stereocenters. The molecule has 3 heterocycles. The van der Waals surface area contributed by atoms with Gasteiger partial charge in [0.05, 0.1) is 25.4 Å². The van der Waals surface area contributed by atoms with Gasteiger partial charge in [0.1, 0.15) is 30.7 Å². The van der Waals surface area contributed by atoms with E-state index in [4.69, 9.17) is 19.5 Å². The standard InChI is InChI=1S/C21H22N6O7/c22-7-4-8-32-19-15-18(27(11-23-15)20-17(31)16(30)13(9-28)34-20)25-21(26-19)24-14(29)10-33-12-5-2-1-3-6-12/h1-3,5-6,11,13,16-17,20,28,30-31H,4,8-10H2,(H,24,25,26,29)/t13-,16-,17-,20-/m1/s1. The number of amides is 1. The lowest BCUT2D eigenvalue weighted by atomic mass is 10.1. The number of anilines is 1. The number of carbonyl (C=O) groups excluding carboxylic acids is 1. The van der Waals surface area contributed by atoms with E-state index in [1.54, 1.807) is 24.3 Å². The van der Waals surface area contributed by atoms with Crippen LogP contribution in [0.1, 0.15) is 12.6 Å². The summed E-state index contributed by atoms with van der Waals surface area (Å²) in [5, 5.41) is 41.2. The SMILES string of the molecule is N#CCCOc1nc(NC(=O)COc2ccccc2)nc2c1ncn2[C@@H]1O[C@H](CO)[C@@H](O)[C@H]1O. The second-order valence-corrected chi connectivity index (χ2v) is 7.31. The summed E-state index contributed by atoms with van der Waals surface area (Å²) < 4.78 is 17.9. The van der Waals surface area contributed by atoms with Gasteiger partial charge in [0.2, 0.25) is 11.8 Å². The maximum absolute atomic E-state index is 12.4. The van der Waals surface area contributed by atoms with Gasteiger partial charge in [-0.3, -0.25) is 14.7 Å². The van der Waals surface area contributed by atoms with Crippen LogP contribution in [0.2, 0.25) is 0 Å². The molecule has 1 amide bonds. The van der Waals surface area contributed by atoms with Crippen LogP contribution in [0.4, 0.5) is 5.95 Å². The lowest BCUT2D eigenvalue weighted by Gasteiger charge is -2.17. The van der Waals surface area contributed by atoms with Gasteiger partial charge in [-0.15, -0.1) is 0 Å². The number of benzene rings is 1. The first-order valence-corrected chi connectivity index (χ1v) is 10.4. The molecule has 0 saturated carbocycles. The van der Waals surface area contributed by atoms with E-state index in [2.05, 4.69) is 20.3 Å². The number of para-hydroxylation sites is 1. The number of nitriles is 1. The fraction of sp³-hybridized carbons (Fsp3) is 0.381. The Kier molecular flexibility index (Phi) is 7.14. The molecule has 13 nitrogen and oxygen atoms in total. The molecule has 0 unspecified atom stereocenters. The lowest BCUT2D eigenvalue weighted by Crippen LogP contribution is -2.33. The molecule has 34 heavy (non-hydrogen) atoms. The Labute approximate surface area is 193 Å². The highest BCUT2D eigenvalue weighted by Crippen LogP contribution is 2.33. The van der Waals surface area contributed by atoms with Gasteiger partial charge in [-0.2, -0.15) is 15.2 Å². The number of imidazole rings is 1. The van der Waals surface area contributed by atoms with E-state index in [9.17, 15) is 20.1 Å². The molecule has 1 fully saturated rings. The monoisotopic (exact) mass is 470 g/mol. The van der Waals surface area contributed by atoms with Gasteiger partial charge in [-0.05, 0) is 12.1 Å². The topological polar surface area (TPSA) is 185 Å². The van der Waals surface area contributed by atoms with Crippen molar-refractivity contribution in [2.45, 2.75) is 31.0 Å². The van der Waals surface area contributed by atoms with Crippen molar-refractivity contribution < 1.29 is 34.3 Å². The Balaban J connectivity index is 1.60. The Morgan fingerprint density at radius 2 is 2.00 bits per heavy atom.